The number of thiazole rings is 1. The molecule has 0 saturated heterocycles. The van der Waals surface area contributed by atoms with Crippen LogP contribution in [-0.2, 0) is 16.1 Å². The van der Waals surface area contributed by atoms with Crippen molar-refractivity contribution in [3.8, 4) is 5.75 Å². The van der Waals surface area contributed by atoms with Gasteiger partial charge in [0.05, 0.1) is 28.5 Å². The zero-order valence-corrected chi connectivity index (χ0v) is 23.7. The van der Waals surface area contributed by atoms with Crippen molar-refractivity contribution in [1.29, 1.82) is 0 Å². The molecule has 4 N–H and O–H groups in total. The van der Waals surface area contributed by atoms with Crippen LogP contribution in [0, 0.1) is 12.1 Å². The Kier molecular flexibility index (Phi) is 9.31. The average Bonchev–Trinajstić information content (AvgIpc) is 3.26. The molecule has 1 aliphatic rings. The standard InChI is InChI=1S/C31H29N3O5S.H2O/c1-4-38-30(36)27-20(3)32-31-34(28(27)23-11-5-19(2)6-12-23)29(35)26(40-31)17-21-9-15-25(16-10-21)39-18-22-7-13-24(33-37)14-8-22;/h5-17,28H,4,18,33H2,1-3H3;1H2/b26-17-;. The van der Waals surface area contributed by atoms with Gasteiger partial charge in [0.15, 0.2) is 4.80 Å². The summed E-state index contributed by atoms with van der Waals surface area (Å²) in [6, 6.07) is 21.9. The lowest BCUT2D eigenvalue weighted by molar-refractivity contribution is -0.497. The van der Waals surface area contributed by atoms with E-state index in [1.807, 2.05) is 73.7 Å². The van der Waals surface area contributed by atoms with Crippen LogP contribution in [0.5, 0.6) is 5.75 Å². The van der Waals surface area contributed by atoms with Gasteiger partial charge in [-0.05, 0) is 79.9 Å². The highest BCUT2D eigenvalue weighted by Crippen LogP contribution is 2.30. The number of carbonyl (C=O) groups excluding carboxylic acids is 1. The van der Waals surface area contributed by atoms with Gasteiger partial charge >= 0.3 is 5.97 Å². The first-order chi connectivity index (χ1) is 19.4. The highest BCUT2D eigenvalue weighted by Gasteiger charge is 2.33. The molecule has 5 rings (SSSR count). The van der Waals surface area contributed by atoms with Gasteiger partial charge in [0, 0.05) is 0 Å². The van der Waals surface area contributed by atoms with Crippen molar-refractivity contribution in [2.75, 3.05) is 6.61 Å². The number of nitrogens with two attached hydrogens (primary N) is 1. The fourth-order valence-corrected chi connectivity index (χ4v) is 5.57. The highest BCUT2D eigenvalue weighted by atomic mass is 32.1. The molecule has 0 spiro atoms. The average molecular weight is 574 g/mol. The quantitative estimate of drug-likeness (QED) is 0.196. The number of allylic oxidation sites excluding steroid dienone is 1. The van der Waals surface area contributed by atoms with Crippen LogP contribution in [0.1, 0.15) is 42.1 Å². The molecule has 212 valence electrons. The van der Waals surface area contributed by atoms with Crippen LogP contribution in [-0.4, -0.2) is 22.6 Å². The van der Waals surface area contributed by atoms with Gasteiger partial charge in [-0.25, -0.2) is 9.79 Å². The SMILES string of the molecule is CCOC(=O)C1=C(C)N=c2s/c(=C\c3ccc(OCc4ccc([NH2+][O-])cc4)cc3)c(=O)n2C1c1ccc(C)cc1.O. The molecule has 0 aliphatic carbocycles. The summed E-state index contributed by atoms with van der Waals surface area (Å²) < 4.78 is 13.3. The van der Waals surface area contributed by atoms with Crippen molar-refractivity contribution < 1.29 is 25.2 Å². The number of benzene rings is 3. The molecule has 0 radical (unpaired) electrons. The molecule has 9 nitrogen and oxygen atoms in total. The minimum absolute atomic E-state index is 0. The van der Waals surface area contributed by atoms with Crippen LogP contribution in [0.2, 0.25) is 0 Å². The zero-order valence-electron chi connectivity index (χ0n) is 22.9. The van der Waals surface area contributed by atoms with Crippen LogP contribution in [0.15, 0.2) is 93.9 Å². The lowest BCUT2D eigenvalue weighted by atomic mass is 9.95. The number of quaternary nitrogens is 1. The number of carbonyl (C=O) groups is 1. The van der Waals surface area contributed by atoms with Crippen molar-refractivity contribution in [3.63, 3.8) is 0 Å². The van der Waals surface area contributed by atoms with Crippen molar-refractivity contribution in [2.45, 2.75) is 33.4 Å². The Hall–Kier alpha value is -4.35. The number of nitrogens with zero attached hydrogens (tertiary/aromatic N) is 2. The summed E-state index contributed by atoms with van der Waals surface area (Å²) in [6.45, 7) is 6.13. The third-order valence-corrected chi connectivity index (χ3v) is 7.59. The first kappa shape index (κ1) is 29.6. The second-order valence-electron chi connectivity index (χ2n) is 9.43. The molecule has 0 saturated carbocycles. The molecule has 3 aromatic carbocycles. The second kappa shape index (κ2) is 12.9. The lowest BCUT2D eigenvalue weighted by Crippen LogP contribution is -2.70. The fourth-order valence-electron chi connectivity index (χ4n) is 4.53. The minimum atomic E-state index is -0.630. The lowest BCUT2D eigenvalue weighted by Gasteiger charge is -2.24. The predicted octanol–water partition coefficient (Wildman–Crippen LogP) is 2.55. The molecular formula is C31H31N3O6S. The van der Waals surface area contributed by atoms with E-state index in [4.69, 9.17) is 9.47 Å². The Morgan fingerprint density at radius 2 is 1.73 bits per heavy atom. The first-order valence-electron chi connectivity index (χ1n) is 12.9. The maximum Gasteiger partial charge on any atom is 0.338 e. The van der Waals surface area contributed by atoms with E-state index in [0.29, 0.717) is 38.6 Å². The molecule has 0 fully saturated rings. The van der Waals surface area contributed by atoms with E-state index in [1.165, 1.54) is 11.3 Å². The molecule has 0 amide bonds. The number of aryl methyl sites for hydroxylation is 1. The summed E-state index contributed by atoms with van der Waals surface area (Å²) >= 11 is 1.29. The Balaban J connectivity index is 0.00000387. The third kappa shape index (κ3) is 6.36. The van der Waals surface area contributed by atoms with Gasteiger partial charge in [-0.15, -0.1) is 0 Å². The maximum atomic E-state index is 13.7. The minimum Gasteiger partial charge on any atom is -0.630 e. The topological polar surface area (TPSA) is 141 Å². The Labute approximate surface area is 240 Å². The zero-order chi connectivity index (χ0) is 28.2. The smallest absolute Gasteiger partial charge is 0.338 e. The molecule has 0 bridgehead atoms. The van der Waals surface area contributed by atoms with E-state index < -0.39 is 12.0 Å². The largest absolute Gasteiger partial charge is 0.630 e. The number of ether oxygens (including phenoxy) is 2. The molecule has 4 aromatic rings. The fraction of sp³-hybridized carbons (Fsp3) is 0.194. The number of rotatable bonds is 8. The van der Waals surface area contributed by atoms with Gasteiger partial charge in [-0.3, -0.25) is 9.36 Å². The van der Waals surface area contributed by atoms with E-state index in [1.54, 1.807) is 30.5 Å². The van der Waals surface area contributed by atoms with Gasteiger partial charge in [0.2, 0.25) is 0 Å². The van der Waals surface area contributed by atoms with Crippen molar-refractivity contribution in [2.24, 2.45) is 4.99 Å². The van der Waals surface area contributed by atoms with E-state index in [2.05, 4.69) is 4.99 Å². The third-order valence-electron chi connectivity index (χ3n) is 6.61. The number of aromatic nitrogens is 1. The Morgan fingerprint density at radius 1 is 1.05 bits per heavy atom. The van der Waals surface area contributed by atoms with Crippen LogP contribution in [0.25, 0.3) is 6.08 Å². The number of hydrogen-bond acceptors (Lipinski definition) is 7. The molecule has 1 atom stereocenters. The number of hydrogen-bond donors (Lipinski definition) is 1. The highest BCUT2D eigenvalue weighted by molar-refractivity contribution is 7.07. The van der Waals surface area contributed by atoms with Gasteiger partial charge in [0.25, 0.3) is 5.56 Å². The van der Waals surface area contributed by atoms with Crippen LogP contribution >= 0.6 is 11.3 Å². The molecular weight excluding hydrogens is 542 g/mol. The molecule has 10 heteroatoms. The van der Waals surface area contributed by atoms with Gasteiger partial charge in [0.1, 0.15) is 18.0 Å². The summed E-state index contributed by atoms with van der Waals surface area (Å²) in [5, 5.41) is 10.8. The van der Waals surface area contributed by atoms with Crippen LogP contribution < -0.4 is 25.1 Å². The number of fused-ring (bicyclic) bond motifs is 1. The normalized spacial score (nSPS) is 14.6. The second-order valence-corrected chi connectivity index (χ2v) is 10.4. The van der Waals surface area contributed by atoms with E-state index in [9.17, 15) is 14.8 Å². The molecule has 2 heterocycles. The molecule has 1 aromatic heterocycles. The predicted molar refractivity (Wildman–Crippen MR) is 157 cm³/mol. The molecule has 41 heavy (non-hydrogen) atoms. The summed E-state index contributed by atoms with van der Waals surface area (Å²) in [5.41, 5.74) is 5.81. The summed E-state index contributed by atoms with van der Waals surface area (Å²) in [6.07, 6.45) is 1.82. The van der Waals surface area contributed by atoms with Crippen molar-refractivity contribution in [3.05, 3.63) is 131 Å². The monoisotopic (exact) mass is 573 g/mol. The molecule has 1 unspecified atom stereocenters. The van der Waals surface area contributed by atoms with Crippen LogP contribution in [0.4, 0.5) is 5.69 Å². The van der Waals surface area contributed by atoms with E-state index >= 15 is 0 Å². The Bertz CT molecular complexity index is 1740. The van der Waals surface area contributed by atoms with Gasteiger partial charge < -0.3 is 25.6 Å². The van der Waals surface area contributed by atoms with Gasteiger partial charge in [-0.1, -0.05) is 53.3 Å². The number of esters is 1. The van der Waals surface area contributed by atoms with Crippen molar-refractivity contribution in [1.82, 2.24) is 4.57 Å². The first-order valence-corrected chi connectivity index (χ1v) is 13.7. The van der Waals surface area contributed by atoms with Gasteiger partial charge in [-0.2, -0.15) is 0 Å². The van der Waals surface area contributed by atoms with Crippen LogP contribution in [0.3, 0.4) is 0 Å². The summed E-state index contributed by atoms with van der Waals surface area (Å²) in [7, 11) is 0. The van der Waals surface area contributed by atoms with E-state index in [-0.39, 0.29) is 17.6 Å². The summed E-state index contributed by atoms with van der Waals surface area (Å²) in [5.74, 6) is 0.214. The Morgan fingerprint density at radius 3 is 2.37 bits per heavy atom. The maximum absolute atomic E-state index is 13.7. The van der Waals surface area contributed by atoms with Crippen molar-refractivity contribution >= 4 is 29.1 Å². The molecule has 1 aliphatic heterocycles. The summed E-state index contributed by atoms with van der Waals surface area (Å²) in [4.78, 5) is 31.9. The van der Waals surface area contributed by atoms with E-state index in [0.717, 1.165) is 27.7 Å².